The highest BCUT2D eigenvalue weighted by Crippen LogP contribution is 2.32. The van der Waals surface area contributed by atoms with E-state index < -0.39 is 0 Å². The summed E-state index contributed by atoms with van der Waals surface area (Å²) in [6, 6.07) is 10.9. The zero-order valence-corrected chi connectivity index (χ0v) is 12.8. The lowest BCUT2D eigenvalue weighted by Crippen LogP contribution is -2.17. The van der Waals surface area contributed by atoms with Crippen molar-refractivity contribution in [2.45, 2.75) is 17.9 Å². The Morgan fingerprint density at radius 2 is 2.22 bits per heavy atom. The van der Waals surface area contributed by atoms with Gasteiger partial charge in [-0.15, -0.1) is 23.1 Å². The van der Waals surface area contributed by atoms with E-state index in [9.17, 15) is 0 Å². The molecule has 0 aliphatic heterocycles. The molecule has 0 radical (unpaired) electrons. The van der Waals surface area contributed by atoms with Gasteiger partial charge in [0.25, 0.3) is 0 Å². The van der Waals surface area contributed by atoms with Crippen molar-refractivity contribution in [3.8, 4) is 0 Å². The first-order chi connectivity index (χ1) is 8.70. The predicted octanol–water partition coefficient (Wildman–Crippen LogP) is 4.76. The summed E-state index contributed by atoms with van der Waals surface area (Å²) in [6.45, 7) is 2.12. The first-order valence-corrected chi connectivity index (χ1v) is 8.04. The maximum Gasteiger partial charge on any atom is 0.0561 e. The van der Waals surface area contributed by atoms with E-state index in [0.717, 1.165) is 10.8 Å². The van der Waals surface area contributed by atoms with E-state index in [-0.39, 0.29) is 0 Å². The number of benzene rings is 1. The highest BCUT2D eigenvalue weighted by molar-refractivity contribution is 7.99. The standard InChI is InChI=1S/C14H16ClNS2/c1-10-4-3-5-11(8-10)18-9-13(16-2)14-12(15)6-7-17-14/h3-8,13,16H,9H2,1-2H3. The molecule has 0 bridgehead atoms. The summed E-state index contributed by atoms with van der Waals surface area (Å²) in [5, 5.41) is 6.24. The van der Waals surface area contributed by atoms with Crippen LogP contribution < -0.4 is 5.32 Å². The van der Waals surface area contributed by atoms with Gasteiger partial charge in [0.1, 0.15) is 0 Å². The molecule has 4 heteroatoms. The van der Waals surface area contributed by atoms with Gasteiger partial charge in [0.15, 0.2) is 0 Å². The van der Waals surface area contributed by atoms with Gasteiger partial charge in [0.05, 0.1) is 11.1 Å². The van der Waals surface area contributed by atoms with Crippen LogP contribution in [0.3, 0.4) is 0 Å². The van der Waals surface area contributed by atoms with Gasteiger partial charge in [0.2, 0.25) is 0 Å². The Bertz CT molecular complexity index is 510. The van der Waals surface area contributed by atoms with Crippen molar-refractivity contribution >= 4 is 34.7 Å². The van der Waals surface area contributed by atoms with Gasteiger partial charge in [-0.3, -0.25) is 0 Å². The van der Waals surface area contributed by atoms with Crippen molar-refractivity contribution in [1.82, 2.24) is 5.32 Å². The molecule has 18 heavy (non-hydrogen) atoms. The second kappa shape index (κ2) is 6.62. The van der Waals surface area contributed by atoms with Crippen LogP contribution >= 0.6 is 34.7 Å². The van der Waals surface area contributed by atoms with Gasteiger partial charge in [-0.1, -0.05) is 29.3 Å². The summed E-state index contributed by atoms with van der Waals surface area (Å²) in [6.07, 6.45) is 0. The monoisotopic (exact) mass is 297 g/mol. The van der Waals surface area contributed by atoms with Gasteiger partial charge in [0, 0.05) is 15.5 Å². The Balaban J connectivity index is 2.02. The zero-order valence-electron chi connectivity index (χ0n) is 10.4. The number of thiophene rings is 1. The Labute approximate surface area is 122 Å². The van der Waals surface area contributed by atoms with Crippen molar-refractivity contribution in [3.63, 3.8) is 0 Å². The summed E-state index contributed by atoms with van der Waals surface area (Å²) in [5.74, 6) is 0.986. The SMILES string of the molecule is CNC(CSc1cccc(C)c1)c1sccc1Cl. The van der Waals surface area contributed by atoms with Crippen LogP contribution in [0.4, 0.5) is 0 Å². The van der Waals surface area contributed by atoms with Crippen LogP contribution in [-0.2, 0) is 0 Å². The fourth-order valence-electron chi connectivity index (χ4n) is 1.73. The molecule has 0 fully saturated rings. The van der Waals surface area contributed by atoms with Crippen LogP contribution in [0.2, 0.25) is 5.02 Å². The quantitative estimate of drug-likeness (QED) is 0.798. The first kappa shape index (κ1) is 13.9. The van der Waals surface area contributed by atoms with Crippen molar-refractivity contribution in [3.05, 3.63) is 51.2 Å². The topological polar surface area (TPSA) is 12.0 Å². The van der Waals surface area contributed by atoms with E-state index in [0.29, 0.717) is 6.04 Å². The van der Waals surface area contributed by atoms with E-state index in [1.165, 1.54) is 15.3 Å². The lowest BCUT2D eigenvalue weighted by atomic mass is 10.2. The minimum atomic E-state index is 0.308. The number of hydrogen-bond acceptors (Lipinski definition) is 3. The van der Waals surface area contributed by atoms with Crippen molar-refractivity contribution in [2.75, 3.05) is 12.8 Å². The average molecular weight is 298 g/mol. The van der Waals surface area contributed by atoms with E-state index in [1.807, 2.05) is 30.3 Å². The van der Waals surface area contributed by atoms with Crippen LogP contribution in [0.1, 0.15) is 16.5 Å². The fourth-order valence-corrected chi connectivity index (χ4v) is 4.27. The lowest BCUT2D eigenvalue weighted by Gasteiger charge is -2.15. The Morgan fingerprint density at radius 3 is 2.83 bits per heavy atom. The molecule has 0 saturated heterocycles. The third-order valence-electron chi connectivity index (χ3n) is 2.72. The minimum absolute atomic E-state index is 0.308. The van der Waals surface area contributed by atoms with Gasteiger partial charge >= 0.3 is 0 Å². The van der Waals surface area contributed by atoms with Gasteiger partial charge in [-0.05, 0) is 37.6 Å². The maximum absolute atomic E-state index is 6.18. The van der Waals surface area contributed by atoms with E-state index >= 15 is 0 Å². The van der Waals surface area contributed by atoms with Crippen LogP contribution in [0.25, 0.3) is 0 Å². The first-order valence-electron chi connectivity index (χ1n) is 5.80. The van der Waals surface area contributed by atoms with Crippen LogP contribution in [-0.4, -0.2) is 12.8 Å². The van der Waals surface area contributed by atoms with E-state index in [2.05, 4.69) is 36.5 Å². The largest absolute Gasteiger partial charge is 0.312 e. The number of aryl methyl sites for hydroxylation is 1. The summed E-state index contributed by atoms with van der Waals surface area (Å²) in [4.78, 5) is 2.53. The molecule has 2 rings (SSSR count). The summed E-state index contributed by atoms with van der Waals surface area (Å²) in [7, 11) is 1.98. The number of thioether (sulfide) groups is 1. The number of rotatable bonds is 5. The molecule has 2 aromatic rings. The molecule has 96 valence electrons. The Hall–Kier alpha value is -0.480. The van der Waals surface area contributed by atoms with Gasteiger partial charge < -0.3 is 5.32 Å². The third kappa shape index (κ3) is 3.51. The third-order valence-corrected chi connectivity index (χ3v) is 5.28. The summed E-state index contributed by atoms with van der Waals surface area (Å²) >= 11 is 9.75. The molecular weight excluding hydrogens is 282 g/mol. The summed E-state index contributed by atoms with van der Waals surface area (Å²) in [5.41, 5.74) is 1.30. The maximum atomic E-state index is 6.18. The minimum Gasteiger partial charge on any atom is -0.312 e. The number of hydrogen-bond donors (Lipinski definition) is 1. The average Bonchev–Trinajstić information content (AvgIpc) is 2.77. The fraction of sp³-hybridized carbons (Fsp3) is 0.286. The van der Waals surface area contributed by atoms with E-state index in [4.69, 9.17) is 11.6 Å². The molecule has 1 N–H and O–H groups in total. The Kier molecular flexibility index (Phi) is 5.13. The molecule has 1 aromatic carbocycles. The molecule has 1 atom stereocenters. The van der Waals surface area contributed by atoms with Crippen molar-refractivity contribution < 1.29 is 0 Å². The number of halogens is 1. The molecule has 1 heterocycles. The molecule has 0 saturated carbocycles. The van der Waals surface area contributed by atoms with Crippen molar-refractivity contribution in [2.24, 2.45) is 0 Å². The van der Waals surface area contributed by atoms with Crippen LogP contribution in [0.15, 0.2) is 40.6 Å². The molecule has 0 aliphatic rings. The zero-order chi connectivity index (χ0) is 13.0. The van der Waals surface area contributed by atoms with Crippen LogP contribution in [0.5, 0.6) is 0 Å². The summed E-state index contributed by atoms with van der Waals surface area (Å²) < 4.78 is 0. The van der Waals surface area contributed by atoms with E-state index in [1.54, 1.807) is 11.3 Å². The molecule has 0 aliphatic carbocycles. The highest BCUT2D eigenvalue weighted by atomic mass is 35.5. The van der Waals surface area contributed by atoms with Crippen LogP contribution in [0, 0.1) is 6.92 Å². The second-order valence-electron chi connectivity index (χ2n) is 4.10. The number of nitrogens with one attached hydrogen (secondary N) is 1. The van der Waals surface area contributed by atoms with Crippen molar-refractivity contribution in [1.29, 1.82) is 0 Å². The normalized spacial score (nSPS) is 12.6. The Morgan fingerprint density at radius 1 is 1.39 bits per heavy atom. The molecule has 1 unspecified atom stereocenters. The molecule has 1 nitrogen and oxygen atoms in total. The van der Waals surface area contributed by atoms with Gasteiger partial charge in [-0.25, -0.2) is 0 Å². The molecule has 1 aromatic heterocycles. The van der Waals surface area contributed by atoms with Gasteiger partial charge in [-0.2, -0.15) is 0 Å². The highest BCUT2D eigenvalue weighted by Gasteiger charge is 2.14. The lowest BCUT2D eigenvalue weighted by molar-refractivity contribution is 0.674. The second-order valence-corrected chi connectivity index (χ2v) is 6.55. The smallest absolute Gasteiger partial charge is 0.0561 e. The predicted molar refractivity (Wildman–Crippen MR) is 83.0 cm³/mol. The molecule has 0 spiro atoms. The molecule has 0 amide bonds. The molecular formula is C14H16ClNS2.